The maximum atomic E-state index is 13.0. The van der Waals surface area contributed by atoms with Crippen molar-refractivity contribution < 1.29 is 41.7 Å². The molecule has 2 aromatic carbocycles. The maximum absolute atomic E-state index is 13.0. The van der Waals surface area contributed by atoms with Crippen LogP contribution in [0.15, 0.2) is 36.4 Å². The van der Waals surface area contributed by atoms with Crippen molar-refractivity contribution in [2.24, 2.45) is 0 Å². The van der Waals surface area contributed by atoms with Gasteiger partial charge in [0, 0.05) is 18.7 Å². The standard InChI is InChI=1S/C24H28F3NO6/c1-30-20-8-7-17(22(31-2)23(20)32-3)12-21(29)28-9-10-34-19(13-28)15-33-14-16-5-4-6-18(11-16)24(25,26)27/h4-8,11,19H,9-10,12-15H2,1-3H3/t19-/m0/s1. The lowest BCUT2D eigenvalue weighted by Crippen LogP contribution is -2.47. The molecule has 1 fully saturated rings. The highest BCUT2D eigenvalue weighted by Gasteiger charge is 2.30. The van der Waals surface area contributed by atoms with E-state index in [2.05, 4.69) is 0 Å². The van der Waals surface area contributed by atoms with Gasteiger partial charge < -0.3 is 28.6 Å². The number of amides is 1. The Labute approximate surface area is 196 Å². The van der Waals surface area contributed by atoms with Gasteiger partial charge in [-0.25, -0.2) is 0 Å². The zero-order valence-electron chi connectivity index (χ0n) is 19.3. The summed E-state index contributed by atoms with van der Waals surface area (Å²) in [6, 6.07) is 8.48. The third-order valence-electron chi connectivity index (χ3n) is 5.45. The largest absolute Gasteiger partial charge is 0.493 e. The summed E-state index contributed by atoms with van der Waals surface area (Å²) in [5, 5.41) is 0. The molecule has 0 N–H and O–H groups in total. The Morgan fingerprint density at radius 2 is 1.85 bits per heavy atom. The fourth-order valence-electron chi connectivity index (χ4n) is 3.77. The highest BCUT2D eigenvalue weighted by atomic mass is 19.4. The van der Waals surface area contributed by atoms with Gasteiger partial charge in [-0.2, -0.15) is 13.2 Å². The first kappa shape index (κ1) is 25.6. The number of alkyl halides is 3. The number of morpholine rings is 1. The molecule has 1 atom stereocenters. The Bertz CT molecular complexity index is 982. The normalized spacial score (nSPS) is 16.3. The summed E-state index contributed by atoms with van der Waals surface area (Å²) in [6.45, 7) is 1.25. The van der Waals surface area contributed by atoms with Crippen LogP contribution in [-0.4, -0.2) is 64.5 Å². The summed E-state index contributed by atoms with van der Waals surface area (Å²) in [7, 11) is 4.51. The van der Waals surface area contributed by atoms with Gasteiger partial charge in [0.05, 0.1) is 59.2 Å². The van der Waals surface area contributed by atoms with Crippen LogP contribution in [0.1, 0.15) is 16.7 Å². The molecule has 0 aliphatic carbocycles. The molecule has 7 nitrogen and oxygen atoms in total. The molecule has 0 spiro atoms. The van der Waals surface area contributed by atoms with Gasteiger partial charge in [-0.15, -0.1) is 0 Å². The van der Waals surface area contributed by atoms with Crippen LogP contribution < -0.4 is 14.2 Å². The van der Waals surface area contributed by atoms with Crippen molar-refractivity contribution in [3.63, 3.8) is 0 Å². The minimum Gasteiger partial charge on any atom is -0.493 e. The molecular weight excluding hydrogens is 455 g/mol. The van der Waals surface area contributed by atoms with Crippen LogP contribution in [0, 0.1) is 0 Å². The molecule has 1 amide bonds. The fraction of sp³-hybridized carbons (Fsp3) is 0.458. The van der Waals surface area contributed by atoms with E-state index in [9.17, 15) is 18.0 Å². The van der Waals surface area contributed by atoms with Gasteiger partial charge in [0.1, 0.15) is 0 Å². The molecule has 0 radical (unpaired) electrons. The average molecular weight is 483 g/mol. The Hall–Kier alpha value is -2.98. The quantitative estimate of drug-likeness (QED) is 0.542. The summed E-state index contributed by atoms with van der Waals surface area (Å²) in [5.74, 6) is 1.24. The number of carbonyl (C=O) groups excluding carboxylic acids is 1. The van der Waals surface area contributed by atoms with Crippen molar-refractivity contribution in [1.82, 2.24) is 4.90 Å². The van der Waals surface area contributed by atoms with Crippen LogP contribution in [0.5, 0.6) is 17.2 Å². The number of benzene rings is 2. The Morgan fingerprint density at radius 3 is 2.53 bits per heavy atom. The summed E-state index contributed by atoms with van der Waals surface area (Å²) in [6.07, 6.45) is -4.68. The molecule has 1 aliphatic rings. The number of methoxy groups -OCH3 is 3. The smallest absolute Gasteiger partial charge is 0.416 e. The molecule has 186 valence electrons. The molecule has 1 aliphatic heterocycles. The van der Waals surface area contributed by atoms with Crippen molar-refractivity contribution in [3.05, 3.63) is 53.1 Å². The Kier molecular flexibility index (Phi) is 8.62. The van der Waals surface area contributed by atoms with Crippen molar-refractivity contribution >= 4 is 5.91 Å². The highest BCUT2D eigenvalue weighted by Crippen LogP contribution is 2.40. The molecule has 2 aromatic rings. The summed E-state index contributed by atoms with van der Waals surface area (Å²) in [5.41, 5.74) is 0.359. The van der Waals surface area contributed by atoms with E-state index >= 15 is 0 Å². The van der Waals surface area contributed by atoms with E-state index in [-0.39, 0.29) is 31.6 Å². The molecular formula is C24H28F3NO6. The summed E-state index contributed by atoms with van der Waals surface area (Å²) >= 11 is 0. The summed E-state index contributed by atoms with van der Waals surface area (Å²) in [4.78, 5) is 14.6. The minimum atomic E-state index is -4.40. The van der Waals surface area contributed by atoms with Crippen LogP contribution in [-0.2, 0) is 33.5 Å². The van der Waals surface area contributed by atoms with E-state index < -0.39 is 11.7 Å². The molecule has 34 heavy (non-hydrogen) atoms. The van der Waals surface area contributed by atoms with E-state index in [0.717, 1.165) is 12.1 Å². The predicted molar refractivity (Wildman–Crippen MR) is 117 cm³/mol. The van der Waals surface area contributed by atoms with Crippen LogP contribution in [0.4, 0.5) is 13.2 Å². The molecule has 3 rings (SSSR count). The minimum absolute atomic E-state index is 0.0145. The monoisotopic (exact) mass is 483 g/mol. The lowest BCUT2D eigenvalue weighted by Gasteiger charge is -2.33. The molecule has 1 heterocycles. The summed E-state index contributed by atoms with van der Waals surface area (Å²) < 4.78 is 66.0. The van der Waals surface area contributed by atoms with Crippen molar-refractivity contribution in [1.29, 1.82) is 0 Å². The first-order chi connectivity index (χ1) is 16.3. The van der Waals surface area contributed by atoms with Crippen LogP contribution in [0.25, 0.3) is 0 Å². The topological polar surface area (TPSA) is 66.5 Å². The van der Waals surface area contributed by atoms with Crippen LogP contribution in [0.3, 0.4) is 0 Å². The lowest BCUT2D eigenvalue weighted by molar-refractivity contribution is -0.140. The second-order valence-corrected chi connectivity index (χ2v) is 7.72. The number of nitrogens with zero attached hydrogens (tertiary/aromatic N) is 1. The molecule has 1 saturated heterocycles. The SMILES string of the molecule is COc1ccc(CC(=O)N2CCO[C@H](COCc3cccc(C(F)(F)F)c3)C2)c(OC)c1OC. The second kappa shape index (κ2) is 11.4. The van der Waals surface area contributed by atoms with E-state index in [1.807, 2.05) is 0 Å². The number of hydrogen-bond acceptors (Lipinski definition) is 6. The van der Waals surface area contributed by atoms with E-state index in [0.29, 0.717) is 48.1 Å². The third kappa shape index (κ3) is 6.32. The van der Waals surface area contributed by atoms with E-state index in [4.69, 9.17) is 23.7 Å². The number of rotatable bonds is 9. The zero-order valence-corrected chi connectivity index (χ0v) is 19.3. The fourth-order valence-corrected chi connectivity index (χ4v) is 3.77. The van der Waals surface area contributed by atoms with Gasteiger partial charge >= 0.3 is 6.18 Å². The lowest BCUT2D eigenvalue weighted by atomic mass is 10.1. The molecule has 0 bridgehead atoms. The van der Waals surface area contributed by atoms with Gasteiger partial charge in [0.2, 0.25) is 11.7 Å². The zero-order chi connectivity index (χ0) is 24.7. The molecule has 10 heteroatoms. The van der Waals surface area contributed by atoms with Gasteiger partial charge in [-0.05, 0) is 23.8 Å². The Morgan fingerprint density at radius 1 is 1.09 bits per heavy atom. The van der Waals surface area contributed by atoms with Crippen molar-refractivity contribution in [2.75, 3.05) is 47.6 Å². The van der Waals surface area contributed by atoms with Gasteiger partial charge in [-0.3, -0.25) is 4.79 Å². The first-order valence-electron chi connectivity index (χ1n) is 10.7. The van der Waals surface area contributed by atoms with Crippen molar-refractivity contribution in [2.45, 2.75) is 25.3 Å². The van der Waals surface area contributed by atoms with Gasteiger partial charge in [0.15, 0.2) is 11.5 Å². The molecule has 0 saturated carbocycles. The van der Waals surface area contributed by atoms with Crippen molar-refractivity contribution in [3.8, 4) is 17.2 Å². The van der Waals surface area contributed by atoms with Crippen LogP contribution in [0.2, 0.25) is 0 Å². The molecule has 0 aromatic heterocycles. The Balaban J connectivity index is 1.56. The third-order valence-corrected chi connectivity index (χ3v) is 5.45. The predicted octanol–water partition coefficient (Wildman–Crippen LogP) is 3.72. The number of ether oxygens (including phenoxy) is 5. The first-order valence-corrected chi connectivity index (χ1v) is 10.7. The molecule has 0 unspecified atom stereocenters. The second-order valence-electron chi connectivity index (χ2n) is 7.72. The van der Waals surface area contributed by atoms with Gasteiger partial charge in [0.25, 0.3) is 0 Å². The highest BCUT2D eigenvalue weighted by molar-refractivity contribution is 5.80. The average Bonchev–Trinajstić information content (AvgIpc) is 2.83. The number of hydrogen-bond donors (Lipinski definition) is 0. The van der Waals surface area contributed by atoms with E-state index in [1.54, 1.807) is 23.1 Å². The van der Waals surface area contributed by atoms with E-state index in [1.165, 1.54) is 27.4 Å². The number of carbonyl (C=O) groups is 1. The number of halogens is 3. The van der Waals surface area contributed by atoms with Crippen LogP contribution >= 0.6 is 0 Å². The maximum Gasteiger partial charge on any atom is 0.416 e. The van der Waals surface area contributed by atoms with Gasteiger partial charge in [-0.1, -0.05) is 18.2 Å².